The van der Waals surface area contributed by atoms with Gasteiger partial charge in [-0.25, -0.2) is 4.79 Å². The van der Waals surface area contributed by atoms with Gasteiger partial charge in [0.05, 0.1) is 11.9 Å². The Morgan fingerprint density at radius 3 is 2.35 bits per heavy atom. The number of imide groups is 1. The van der Waals surface area contributed by atoms with Gasteiger partial charge >= 0.3 is 6.03 Å². The maximum absolute atomic E-state index is 12.6. The third kappa shape index (κ3) is 7.08. The number of urea groups is 1. The zero-order valence-electron chi connectivity index (χ0n) is 20.2. The molecule has 0 aliphatic heterocycles. The number of carbonyl (C=O) groups excluding carboxylic acids is 2. The number of carbonyl (C=O) groups is 2. The summed E-state index contributed by atoms with van der Waals surface area (Å²) in [7, 11) is 0. The van der Waals surface area contributed by atoms with Crippen molar-refractivity contribution in [3.05, 3.63) is 66.0 Å². The standard InChI is InChI=1S/C25H31N5O3S/c1-6-33-20-14-12-19(13-15-20)30-21(16-18-10-8-7-9-11-18)28-29-24(30)34-17(2)22(31)26-23(32)27-25(3,4)5/h7-15,17H,6,16H2,1-5H3,(H2,26,27,31,32). The summed E-state index contributed by atoms with van der Waals surface area (Å²) >= 11 is 1.25. The number of benzene rings is 2. The number of hydrogen-bond acceptors (Lipinski definition) is 6. The molecule has 2 N–H and O–H groups in total. The molecule has 0 saturated heterocycles. The quantitative estimate of drug-likeness (QED) is 0.464. The van der Waals surface area contributed by atoms with E-state index in [1.807, 2.05) is 86.9 Å². The van der Waals surface area contributed by atoms with Crippen LogP contribution >= 0.6 is 11.8 Å². The van der Waals surface area contributed by atoms with E-state index in [2.05, 4.69) is 20.8 Å². The molecule has 180 valence electrons. The molecule has 34 heavy (non-hydrogen) atoms. The highest BCUT2D eigenvalue weighted by molar-refractivity contribution is 8.00. The molecule has 0 saturated carbocycles. The van der Waals surface area contributed by atoms with E-state index < -0.39 is 22.7 Å². The first-order valence-electron chi connectivity index (χ1n) is 11.2. The molecule has 1 atom stereocenters. The van der Waals surface area contributed by atoms with E-state index in [9.17, 15) is 9.59 Å². The first-order valence-corrected chi connectivity index (χ1v) is 12.1. The average molecular weight is 482 g/mol. The maximum Gasteiger partial charge on any atom is 0.321 e. The Bertz CT molecular complexity index is 1110. The van der Waals surface area contributed by atoms with Crippen molar-refractivity contribution in [2.45, 2.75) is 57.0 Å². The van der Waals surface area contributed by atoms with Crippen molar-refractivity contribution >= 4 is 23.7 Å². The van der Waals surface area contributed by atoms with Crippen LogP contribution in [0.15, 0.2) is 59.8 Å². The van der Waals surface area contributed by atoms with Crippen molar-refractivity contribution in [3.63, 3.8) is 0 Å². The van der Waals surface area contributed by atoms with Gasteiger partial charge in [0.1, 0.15) is 11.6 Å². The topological polar surface area (TPSA) is 98.1 Å². The van der Waals surface area contributed by atoms with E-state index in [-0.39, 0.29) is 0 Å². The fourth-order valence-corrected chi connectivity index (χ4v) is 4.07. The number of ether oxygens (including phenoxy) is 1. The van der Waals surface area contributed by atoms with Gasteiger partial charge in [-0.05, 0) is 64.4 Å². The molecule has 8 nitrogen and oxygen atoms in total. The zero-order valence-corrected chi connectivity index (χ0v) is 21.0. The number of thioether (sulfide) groups is 1. The van der Waals surface area contributed by atoms with Crippen LogP contribution in [0.25, 0.3) is 5.69 Å². The Labute approximate surface area is 204 Å². The van der Waals surface area contributed by atoms with Crippen LogP contribution in [0.3, 0.4) is 0 Å². The van der Waals surface area contributed by atoms with E-state index in [0.717, 1.165) is 22.8 Å². The monoisotopic (exact) mass is 481 g/mol. The van der Waals surface area contributed by atoms with Gasteiger partial charge in [0.15, 0.2) is 5.16 Å². The minimum Gasteiger partial charge on any atom is -0.494 e. The molecule has 1 heterocycles. The van der Waals surface area contributed by atoms with Crippen molar-refractivity contribution < 1.29 is 14.3 Å². The molecule has 3 aromatic rings. The Morgan fingerprint density at radius 1 is 1.06 bits per heavy atom. The molecule has 0 aliphatic carbocycles. The molecule has 0 aliphatic rings. The fraction of sp³-hybridized carbons (Fsp3) is 0.360. The summed E-state index contributed by atoms with van der Waals surface area (Å²) in [6.45, 7) is 9.81. The predicted octanol–water partition coefficient (Wildman–Crippen LogP) is 4.36. The summed E-state index contributed by atoms with van der Waals surface area (Å²) in [5, 5.41) is 13.9. The molecule has 1 unspecified atom stereocenters. The lowest BCUT2D eigenvalue weighted by molar-refractivity contribution is -0.119. The average Bonchev–Trinajstić information content (AvgIpc) is 3.15. The minimum absolute atomic E-state index is 0.405. The first kappa shape index (κ1) is 25.3. The normalized spacial score (nSPS) is 12.1. The minimum atomic E-state index is -0.569. The Morgan fingerprint density at radius 2 is 1.74 bits per heavy atom. The number of nitrogens with zero attached hydrogens (tertiary/aromatic N) is 3. The van der Waals surface area contributed by atoms with E-state index in [1.165, 1.54) is 11.8 Å². The lowest BCUT2D eigenvalue weighted by Gasteiger charge is -2.21. The van der Waals surface area contributed by atoms with Crippen molar-refractivity contribution in [1.29, 1.82) is 0 Å². The van der Waals surface area contributed by atoms with Gasteiger partial charge in [0.2, 0.25) is 5.91 Å². The highest BCUT2D eigenvalue weighted by Crippen LogP contribution is 2.28. The van der Waals surface area contributed by atoms with E-state index in [4.69, 9.17) is 4.74 Å². The van der Waals surface area contributed by atoms with Gasteiger partial charge in [-0.15, -0.1) is 10.2 Å². The predicted molar refractivity (Wildman–Crippen MR) is 134 cm³/mol. The van der Waals surface area contributed by atoms with Crippen LogP contribution in [-0.2, 0) is 11.2 Å². The summed E-state index contributed by atoms with van der Waals surface area (Å²) in [6.07, 6.45) is 0.580. The summed E-state index contributed by atoms with van der Waals surface area (Å²) in [4.78, 5) is 24.7. The Hall–Kier alpha value is -3.33. The van der Waals surface area contributed by atoms with Crippen molar-refractivity contribution in [2.24, 2.45) is 0 Å². The van der Waals surface area contributed by atoms with Crippen molar-refractivity contribution in [1.82, 2.24) is 25.4 Å². The number of rotatable bonds is 8. The largest absolute Gasteiger partial charge is 0.494 e. The van der Waals surface area contributed by atoms with Crippen molar-refractivity contribution in [3.8, 4) is 11.4 Å². The fourth-order valence-electron chi connectivity index (χ4n) is 3.18. The van der Waals surface area contributed by atoms with Gasteiger partial charge in [0.25, 0.3) is 0 Å². The molecule has 0 fully saturated rings. The summed E-state index contributed by atoms with van der Waals surface area (Å²) in [5.41, 5.74) is 1.52. The summed E-state index contributed by atoms with van der Waals surface area (Å²) < 4.78 is 7.50. The molecule has 1 aromatic heterocycles. The Balaban J connectivity index is 1.84. The SMILES string of the molecule is CCOc1ccc(-n2c(Cc3ccccc3)nnc2SC(C)C(=O)NC(=O)NC(C)(C)C)cc1. The van der Waals surface area contributed by atoms with Crippen LogP contribution in [0.5, 0.6) is 5.75 Å². The second-order valence-electron chi connectivity index (χ2n) is 8.78. The first-order chi connectivity index (χ1) is 16.2. The molecule has 3 amide bonds. The number of amides is 3. The Kier molecular flexibility index (Phi) is 8.33. The molecular formula is C25H31N5O3S. The second kappa shape index (κ2) is 11.2. The highest BCUT2D eigenvalue weighted by atomic mass is 32.2. The number of hydrogen-bond donors (Lipinski definition) is 2. The van der Waals surface area contributed by atoms with Gasteiger partial charge in [-0.2, -0.15) is 0 Å². The van der Waals surface area contributed by atoms with Gasteiger partial charge in [-0.1, -0.05) is 42.1 Å². The molecule has 2 aromatic carbocycles. The summed E-state index contributed by atoms with van der Waals surface area (Å²) in [6, 6.07) is 17.2. The third-order valence-corrected chi connectivity index (χ3v) is 5.73. The van der Waals surface area contributed by atoms with Crippen LogP contribution in [-0.4, -0.2) is 44.1 Å². The van der Waals surface area contributed by atoms with E-state index in [0.29, 0.717) is 18.2 Å². The molecule has 0 radical (unpaired) electrons. The number of aromatic nitrogens is 3. The molecule has 0 spiro atoms. The maximum atomic E-state index is 12.6. The van der Waals surface area contributed by atoms with Crippen molar-refractivity contribution in [2.75, 3.05) is 6.61 Å². The van der Waals surface area contributed by atoms with Gasteiger partial charge in [0, 0.05) is 17.6 Å². The van der Waals surface area contributed by atoms with E-state index >= 15 is 0 Å². The number of nitrogens with one attached hydrogen (secondary N) is 2. The molecule has 9 heteroatoms. The van der Waals surface area contributed by atoms with Gasteiger partial charge in [-0.3, -0.25) is 14.7 Å². The zero-order chi connectivity index (χ0) is 24.7. The third-order valence-electron chi connectivity index (χ3n) is 4.69. The second-order valence-corrected chi connectivity index (χ2v) is 10.1. The van der Waals surface area contributed by atoms with Crippen LogP contribution in [0, 0.1) is 0 Å². The lowest BCUT2D eigenvalue weighted by atomic mass is 10.1. The van der Waals surface area contributed by atoms with Crippen LogP contribution in [0.4, 0.5) is 4.79 Å². The van der Waals surface area contributed by atoms with E-state index in [1.54, 1.807) is 6.92 Å². The molecule has 0 bridgehead atoms. The molecule has 3 rings (SSSR count). The highest BCUT2D eigenvalue weighted by Gasteiger charge is 2.24. The van der Waals surface area contributed by atoms with Crippen LogP contribution < -0.4 is 15.4 Å². The smallest absolute Gasteiger partial charge is 0.321 e. The van der Waals surface area contributed by atoms with Gasteiger partial charge < -0.3 is 10.1 Å². The summed E-state index contributed by atoms with van der Waals surface area (Å²) in [5.74, 6) is 1.12. The van der Waals surface area contributed by atoms with Crippen LogP contribution in [0.1, 0.15) is 46.0 Å². The lowest BCUT2D eigenvalue weighted by Crippen LogP contribution is -2.49. The molecular weight excluding hydrogens is 450 g/mol. The van der Waals surface area contributed by atoms with Crippen LogP contribution in [0.2, 0.25) is 0 Å².